The summed E-state index contributed by atoms with van der Waals surface area (Å²) in [4.78, 5) is -0.114. The lowest BCUT2D eigenvalue weighted by atomic mass is 10.0. The zero-order chi connectivity index (χ0) is 13.5. The van der Waals surface area contributed by atoms with E-state index >= 15 is 0 Å². The van der Waals surface area contributed by atoms with Gasteiger partial charge in [0.2, 0.25) is 0 Å². The van der Waals surface area contributed by atoms with Crippen LogP contribution in [-0.2, 0) is 10.1 Å². The minimum absolute atomic E-state index is 0.114. The fraction of sp³-hybridized carbons (Fsp3) is 0. The first-order chi connectivity index (χ1) is 9.05. The molecule has 0 saturated heterocycles. The monoisotopic (exact) mass is 274 g/mol. The summed E-state index contributed by atoms with van der Waals surface area (Å²) in [6.07, 6.45) is 1.58. The fourth-order valence-electron chi connectivity index (χ4n) is 2.07. The maximum Gasteiger partial charge on any atom is 0.294 e. The minimum atomic E-state index is -4.18. The van der Waals surface area contributed by atoms with Crippen molar-refractivity contribution >= 4 is 20.9 Å². The zero-order valence-electron chi connectivity index (χ0n) is 9.78. The van der Waals surface area contributed by atoms with E-state index in [0.717, 1.165) is 16.3 Å². The second kappa shape index (κ2) is 4.22. The lowest BCUT2D eigenvalue weighted by molar-refractivity contribution is 0.483. The van der Waals surface area contributed by atoms with Crippen LogP contribution in [0, 0.1) is 0 Å². The molecule has 0 atom stereocenters. The second-order valence-electron chi connectivity index (χ2n) is 4.14. The van der Waals surface area contributed by atoms with E-state index in [1.54, 1.807) is 24.5 Å². The van der Waals surface area contributed by atoms with Gasteiger partial charge in [-0.15, -0.1) is 0 Å². The van der Waals surface area contributed by atoms with Crippen LogP contribution >= 0.6 is 0 Å². The molecular weight excluding hydrogens is 264 g/mol. The summed E-state index contributed by atoms with van der Waals surface area (Å²) in [5.74, 6) is 0.713. The average molecular weight is 274 g/mol. The van der Waals surface area contributed by atoms with E-state index in [1.165, 1.54) is 12.1 Å². The van der Waals surface area contributed by atoms with E-state index in [9.17, 15) is 8.42 Å². The van der Waals surface area contributed by atoms with Crippen molar-refractivity contribution in [2.45, 2.75) is 4.90 Å². The minimum Gasteiger partial charge on any atom is -0.464 e. The fourth-order valence-corrected chi connectivity index (χ4v) is 2.58. The smallest absolute Gasteiger partial charge is 0.294 e. The molecule has 3 aromatic rings. The maximum atomic E-state index is 11.1. The van der Waals surface area contributed by atoms with Crippen LogP contribution < -0.4 is 0 Å². The molecule has 1 heterocycles. The molecule has 4 nitrogen and oxygen atoms in total. The molecule has 0 unspecified atom stereocenters. The van der Waals surface area contributed by atoms with Crippen molar-refractivity contribution in [1.82, 2.24) is 0 Å². The van der Waals surface area contributed by atoms with E-state index in [4.69, 9.17) is 8.97 Å². The Kier molecular flexibility index (Phi) is 2.66. The Balaban J connectivity index is 2.29. The Morgan fingerprint density at radius 1 is 1.00 bits per heavy atom. The standard InChI is InChI=1S/C14H10O4S/c15-19(16,17)11-6-7-12-10(9-11)3-1-4-13(12)14-5-2-8-18-14/h1-9H,(H,15,16,17). The third kappa shape index (κ3) is 2.14. The Bertz CT molecular complexity index is 833. The lowest BCUT2D eigenvalue weighted by Gasteiger charge is -2.05. The molecular formula is C14H10O4S. The molecule has 0 aliphatic rings. The van der Waals surface area contributed by atoms with Gasteiger partial charge >= 0.3 is 0 Å². The molecule has 0 aliphatic carbocycles. The summed E-state index contributed by atoms with van der Waals surface area (Å²) < 4.78 is 36.7. The predicted octanol–water partition coefficient (Wildman–Crippen LogP) is 3.35. The van der Waals surface area contributed by atoms with Crippen LogP contribution in [0.3, 0.4) is 0 Å². The van der Waals surface area contributed by atoms with Gasteiger partial charge in [-0.2, -0.15) is 8.42 Å². The number of rotatable bonds is 2. The van der Waals surface area contributed by atoms with Crippen molar-refractivity contribution in [3.05, 3.63) is 54.8 Å². The largest absolute Gasteiger partial charge is 0.464 e. The van der Waals surface area contributed by atoms with Crippen LogP contribution in [0.15, 0.2) is 64.1 Å². The molecule has 1 aromatic heterocycles. The molecule has 0 amide bonds. The molecule has 96 valence electrons. The van der Waals surface area contributed by atoms with Gasteiger partial charge in [0.25, 0.3) is 10.1 Å². The highest BCUT2D eigenvalue weighted by Crippen LogP contribution is 2.30. The van der Waals surface area contributed by atoms with E-state index in [0.29, 0.717) is 5.76 Å². The van der Waals surface area contributed by atoms with Crippen LogP contribution in [0.4, 0.5) is 0 Å². The van der Waals surface area contributed by atoms with Gasteiger partial charge in [0.15, 0.2) is 0 Å². The van der Waals surface area contributed by atoms with Gasteiger partial charge in [0.1, 0.15) is 5.76 Å². The first-order valence-corrected chi connectivity index (χ1v) is 7.04. The summed E-state index contributed by atoms with van der Waals surface area (Å²) in [6, 6.07) is 13.6. The molecule has 0 bridgehead atoms. The summed E-state index contributed by atoms with van der Waals surface area (Å²) >= 11 is 0. The van der Waals surface area contributed by atoms with Gasteiger partial charge in [-0.05, 0) is 35.0 Å². The normalized spacial score (nSPS) is 11.8. The highest BCUT2D eigenvalue weighted by molar-refractivity contribution is 7.85. The Morgan fingerprint density at radius 2 is 1.84 bits per heavy atom. The second-order valence-corrected chi connectivity index (χ2v) is 5.56. The highest BCUT2D eigenvalue weighted by atomic mass is 32.2. The zero-order valence-corrected chi connectivity index (χ0v) is 10.6. The van der Waals surface area contributed by atoms with Crippen LogP contribution in [0.25, 0.3) is 22.1 Å². The van der Waals surface area contributed by atoms with Gasteiger partial charge in [-0.3, -0.25) is 4.55 Å². The number of furan rings is 1. The first-order valence-electron chi connectivity index (χ1n) is 5.60. The molecule has 19 heavy (non-hydrogen) atoms. The summed E-state index contributed by atoms with van der Waals surface area (Å²) in [5, 5.41) is 1.59. The third-order valence-electron chi connectivity index (χ3n) is 2.94. The highest BCUT2D eigenvalue weighted by Gasteiger charge is 2.12. The maximum absolute atomic E-state index is 11.1. The van der Waals surface area contributed by atoms with Gasteiger partial charge in [0.05, 0.1) is 11.2 Å². The van der Waals surface area contributed by atoms with Crippen LogP contribution in [0.1, 0.15) is 0 Å². The summed E-state index contributed by atoms with van der Waals surface area (Å²) in [7, 11) is -4.18. The van der Waals surface area contributed by atoms with Crippen molar-refractivity contribution in [2.75, 3.05) is 0 Å². The number of hydrogen-bond acceptors (Lipinski definition) is 3. The van der Waals surface area contributed by atoms with Crippen molar-refractivity contribution in [2.24, 2.45) is 0 Å². The van der Waals surface area contributed by atoms with Gasteiger partial charge < -0.3 is 4.42 Å². The topological polar surface area (TPSA) is 67.5 Å². The molecule has 3 rings (SSSR count). The van der Waals surface area contributed by atoms with Crippen molar-refractivity contribution < 1.29 is 17.4 Å². The van der Waals surface area contributed by atoms with Crippen LogP contribution in [-0.4, -0.2) is 13.0 Å². The van der Waals surface area contributed by atoms with Crippen molar-refractivity contribution in [1.29, 1.82) is 0 Å². The van der Waals surface area contributed by atoms with Gasteiger partial charge in [0, 0.05) is 5.56 Å². The Labute approximate surface area is 110 Å². The number of benzene rings is 2. The van der Waals surface area contributed by atoms with E-state index in [2.05, 4.69) is 0 Å². The summed E-state index contributed by atoms with van der Waals surface area (Å²) in [5.41, 5.74) is 0.879. The van der Waals surface area contributed by atoms with Crippen LogP contribution in [0.2, 0.25) is 0 Å². The quantitative estimate of drug-likeness (QED) is 0.728. The van der Waals surface area contributed by atoms with E-state index in [1.807, 2.05) is 18.2 Å². The van der Waals surface area contributed by atoms with Gasteiger partial charge in [-0.25, -0.2) is 0 Å². The van der Waals surface area contributed by atoms with Crippen molar-refractivity contribution in [3.63, 3.8) is 0 Å². The third-order valence-corrected chi connectivity index (χ3v) is 3.79. The number of hydrogen-bond donors (Lipinski definition) is 1. The first kappa shape index (κ1) is 12.0. The molecule has 2 aromatic carbocycles. The molecule has 0 saturated carbocycles. The SMILES string of the molecule is O=S(=O)(O)c1ccc2c(-c3ccco3)cccc2c1. The molecule has 0 aliphatic heterocycles. The van der Waals surface area contributed by atoms with E-state index < -0.39 is 10.1 Å². The Hall–Kier alpha value is -2.11. The summed E-state index contributed by atoms with van der Waals surface area (Å²) in [6.45, 7) is 0. The average Bonchev–Trinajstić information content (AvgIpc) is 2.90. The predicted molar refractivity (Wildman–Crippen MR) is 71.5 cm³/mol. The van der Waals surface area contributed by atoms with Crippen molar-refractivity contribution in [3.8, 4) is 11.3 Å². The lowest BCUT2D eigenvalue weighted by Crippen LogP contribution is -1.97. The van der Waals surface area contributed by atoms with E-state index in [-0.39, 0.29) is 4.90 Å². The van der Waals surface area contributed by atoms with Crippen LogP contribution in [0.5, 0.6) is 0 Å². The molecule has 1 N–H and O–H groups in total. The molecule has 5 heteroatoms. The number of fused-ring (bicyclic) bond motifs is 1. The molecule has 0 spiro atoms. The Morgan fingerprint density at radius 3 is 2.53 bits per heavy atom. The van der Waals surface area contributed by atoms with Gasteiger partial charge in [-0.1, -0.05) is 24.3 Å². The molecule has 0 fully saturated rings. The molecule has 0 radical (unpaired) electrons.